The van der Waals surface area contributed by atoms with Crippen LogP contribution in [0, 0.1) is 6.92 Å². The second kappa shape index (κ2) is 3.98. The Bertz CT molecular complexity index is 369. The Kier molecular flexibility index (Phi) is 2.80. The van der Waals surface area contributed by atoms with Gasteiger partial charge < -0.3 is 14.6 Å². The first kappa shape index (κ1) is 11.3. The number of aliphatic hydroxyl groups is 1. The van der Waals surface area contributed by atoms with Gasteiger partial charge in [0, 0.05) is 11.0 Å². The van der Waals surface area contributed by atoms with Crippen LogP contribution in [0.5, 0.6) is 11.5 Å². The molecule has 16 heavy (non-hydrogen) atoms. The fourth-order valence-electron chi connectivity index (χ4n) is 2.20. The molecule has 0 aliphatic heterocycles. The molecule has 1 saturated carbocycles. The number of methoxy groups -OCH3 is 2. The molecular weight excluding hydrogens is 204 g/mol. The third-order valence-electron chi connectivity index (χ3n) is 3.34. The van der Waals surface area contributed by atoms with Gasteiger partial charge in [0.15, 0.2) is 0 Å². The highest BCUT2D eigenvalue weighted by Crippen LogP contribution is 2.54. The van der Waals surface area contributed by atoms with E-state index in [2.05, 4.69) is 0 Å². The standard InChI is InChI=1S/C13H18O3/c1-9-6-10(15-2)12(11(7-9)16-3)13(8-14)4-5-13/h6-7,14H,4-5,8H2,1-3H3. The van der Waals surface area contributed by atoms with Crippen molar-refractivity contribution in [2.24, 2.45) is 0 Å². The van der Waals surface area contributed by atoms with E-state index in [0.717, 1.165) is 35.5 Å². The van der Waals surface area contributed by atoms with Crippen molar-refractivity contribution in [3.63, 3.8) is 0 Å². The van der Waals surface area contributed by atoms with Crippen LogP contribution in [-0.4, -0.2) is 25.9 Å². The van der Waals surface area contributed by atoms with Crippen LogP contribution in [0.25, 0.3) is 0 Å². The molecule has 0 spiro atoms. The summed E-state index contributed by atoms with van der Waals surface area (Å²) in [5.41, 5.74) is 1.99. The first-order valence-electron chi connectivity index (χ1n) is 5.51. The van der Waals surface area contributed by atoms with E-state index in [4.69, 9.17) is 9.47 Å². The highest BCUT2D eigenvalue weighted by atomic mass is 16.5. The Morgan fingerprint density at radius 3 is 2.00 bits per heavy atom. The van der Waals surface area contributed by atoms with Gasteiger partial charge in [-0.25, -0.2) is 0 Å². The lowest BCUT2D eigenvalue weighted by molar-refractivity contribution is 0.247. The van der Waals surface area contributed by atoms with Crippen LogP contribution >= 0.6 is 0 Å². The Morgan fingerprint density at radius 2 is 1.69 bits per heavy atom. The fraction of sp³-hybridized carbons (Fsp3) is 0.538. The number of ether oxygens (including phenoxy) is 2. The second-order valence-electron chi connectivity index (χ2n) is 4.48. The van der Waals surface area contributed by atoms with Gasteiger partial charge in [-0.3, -0.25) is 0 Å². The predicted molar refractivity (Wildman–Crippen MR) is 62.3 cm³/mol. The molecule has 1 fully saturated rings. The van der Waals surface area contributed by atoms with Gasteiger partial charge >= 0.3 is 0 Å². The van der Waals surface area contributed by atoms with Gasteiger partial charge in [0.2, 0.25) is 0 Å². The highest BCUT2D eigenvalue weighted by Gasteiger charge is 2.47. The topological polar surface area (TPSA) is 38.7 Å². The van der Waals surface area contributed by atoms with Gasteiger partial charge in [-0.05, 0) is 37.5 Å². The van der Waals surface area contributed by atoms with Crippen molar-refractivity contribution in [2.45, 2.75) is 25.2 Å². The molecule has 1 aromatic rings. The largest absolute Gasteiger partial charge is 0.496 e. The lowest BCUT2D eigenvalue weighted by Crippen LogP contribution is -2.15. The van der Waals surface area contributed by atoms with E-state index in [1.54, 1.807) is 14.2 Å². The van der Waals surface area contributed by atoms with Crippen LogP contribution in [0.15, 0.2) is 12.1 Å². The van der Waals surface area contributed by atoms with Crippen LogP contribution in [0.1, 0.15) is 24.0 Å². The fourth-order valence-corrected chi connectivity index (χ4v) is 2.20. The molecule has 0 amide bonds. The summed E-state index contributed by atoms with van der Waals surface area (Å²) < 4.78 is 10.8. The molecule has 0 heterocycles. The normalized spacial score (nSPS) is 17.0. The Morgan fingerprint density at radius 1 is 1.19 bits per heavy atom. The van der Waals surface area contributed by atoms with E-state index < -0.39 is 0 Å². The summed E-state index contributed by atoms with van der Waals surface area (Å²) in [6.07, 6.45) is 2.00. The zero-order valence-electron chi connectivity index (χ0n) is 10.0. The molecule has 3 nitrogen and oxygen atoms in total. The summed E-state index contributed by atoms with van der Waals surface area (Å²) in [5.74, 6) is 1.65. The van der Waals surface area contributed by atoms with Crippen LogP contribution < -0.4 is 9.47 Å². The lowest BCUT2D eigenvalue weighted by atomic mass is 9.93. The number of hydrogen-bond donors (Lipinski definition) is 1. The summed E-state index contributed by atoms with van der Waals surface area (Å²) in [6, 6.07) is 3.99. The minimum atomic E-state index is -0.135. The number of rotatable bonds is 4. The third-order valence-corrected chi connectivity index (χ3v) is 3.34. The van der Waals surface area contributed by atoms with E-state index in [1.165, 1.54) is 0 Å². The van der Waals surface area contributed by atoms with Gasteiger partial charge in [0.05, 0.1) is 20.8 Å². The number of aliphatic hydroxyl groups excluding tert-OH is 1. The Balaban J connectivity index is 2.56. The molecule has 0 atom stereocenters. The Labute approximate surface area is 96.0 Å². The summed E-state index contributed by atoms with van der Waals surface area (Å²) >= 11 is 0. The maximum absolute atomic E-state index is 9.51. The second-order valence-corrected chi connectivity index (χ2v) is 4.48. The van der Waals surface area contributed by atoms with Gasteiger partial charge in [0.1, 0.15) is 11.5 Å². The molecule has 1 aromatic carbocycles. The maximum atomic E-state index is 9.51. The summed E-state index contributed by atoms with van der Waals surface area (Å²) in [7, 11) is 3.32. The summed E-state index contributed by atoms with van der Waals surface area (Å²) in [4.78, 5) is 0. The molecule has 88 valence electrons. The first-order chi connectivity index (χ1) is 7.66. The van der Waals surface area contributed by atoms with Crippen molar-refractivity contribution in [1.82, 2.24) is 0 Å². The third kappa shape index (κ3) is 1.65. The van der Waals surface area contributed by atoms with E-state index in [-0.39, 0.29) is 12.0 Å². The van der Waals surface area contributed by atoms with Crippen LogP contribution in [0.2, 0.25) is 0 Å². The van der Waals surface area contributed by atoms with Crippen LogP contribution in [0.3, 0.4) is 0 Å². The smallest absolute Gasteiger partial charge is 0.126 e. The molecule has 0 radical (unpaired) electrons. The SMILES string of the molecule is COc1cc(C)cc(OC)c1C1(CO)CC1. The molecule has 1 aliphatic carbocycles. The van der Waals surface area contributed by atoms with E-state index in [1.807, 2.05) is 19.1 Å². The molecule has 3 heteroatoms. The molecule has 1 aliphatic rings. The van der Waals surface area contributed by atoms with E-state index in [9.17, 15) is 5.11 Å². The maximum Gasteiger partial charge on any atom is 0.126 e. The van der Waals surface area contributed by atoms with Crippen molar-refractivity contribution in [3.05, 3.63) is 23.3 Å². The Hall–Kier alpha value is -1.22. The predicted octanol–water partition coefficient (Wildman–Crippen LogP) is 2.04. The van der Waals surface area contributed by atoms with Crippen LogP contribution in [0.4, 0.5) is 0 Å². The van der Waals surface area contributed by atoms with Gasteiger partial charge in [-0.15, -0.1) is 0 Å². The van der Waals surface area contributed by atoms with Crippen molar-refractivity contribution in [3.8, 4) is 11.5 Å². The summed E-state index contributed by atoms with van der Waals surface area (Å²) in [6.45, 7) is 2.16. The molecule has 0 bridgehead atoms. The molecule has 1 N–H and O–H groups in total. The lowest BCUT2D eigenvalue weighted by Gasteiger charge is -2.20. The van der Waals surface area contributed by atoms with Crippen LogP contribution in [-0.2, 0) is 5.41 Å². The highest BCUT2D eigenvalue weighted by molar-refractivity contribution is 5.54. The minimum Gasteiger partial charge on any atom is -0.496 e. The van der Waals surface area contributed by atoms with Gasteiger partial charge in [-0.2, -0.15) is 0 Å². The number of aryl methyl sites for hydroxylation is 1. The van der Waals surface area contributed by atoms with Gasteiger partial charge in [0.25, 0.3) is 0 Å². The average molecular weight is 222 g/mol. The molecular formula is C13H18O3. The quantitative estimate of drug-likeness (QED) is 0.847. The monoisotopic (exact) mass is 222 g/mol. The zero-order valence-corrected chi connectivity index (χ0v) is 10.0. The van der Waals surface area contributed by atoms with Crippen molar-refractivity contribution in [2.75, 3.05) is 20.8 Å². The van der Waals surface area contributed by atoms with E-state index >= 15 is 0 Å². The van der Waals surface area contributed by atoms with Crippen molar-refractivity contribution < 1.29 is 14.6 Å². The van der Waals surface area contributed by atoms with E-state index in [0.29, 0.717) is 0 Å². The zero-order chi connectivity index (χ0) is 11.8. The first-order valence-corrected chi connectivity index (χ1v) is 5.51. The summed E-state index contributed by atoms with van der Waals surface area (Å²) in [5, 5.41) is 9.51. The van der Waals surface area contributed by atoms with Gasteiger partial charge in [-0.1, -0.05) is 0 Å². The number of benzene rings is 1. The minimum absolute atomic E-state index is 0.135. The molecule has 2 rings (SSSR count). The van der Waals surface area contributed by atoms with Crippen molar-refractivity contribution >= 4 is 0 Å². The number of hydrogen-bond acceptors (Lipinski definition) is 3. The average Bonchev–Trinajstić information content (AvgIpc) is 3.08. The molecule has 0 aromatic heterocycles. The molecule has 0 saturated heterocycles. The van der Waals surface area contributed by atoms with Crippen molar-refractivity contribution in [1.29, 1.82) is 0 Å². The molecule has 0 unspecified atom stereocenters.